The quantitative estimate of drug-likeness (QED) is 0.458. The second-order valence-electron chi connectivity index (χ2n) is 10.0. The van der Waals surface area contributed by atoms with Crippen molar-refractivity contribution in [3.8, 4) is 22.9 Å². The van der Waals surface area contributed by atoms with Gasteiger partial charge in [-0.15, -0.1) is 0 Å². The Morgan fingerprint density at radius 3 is 2.46 bits per heavy atom. The van der Waals surface area contributed by atoms with Crippen molar-refractivity contribution in [2.45, 2.75) is 38.6 Å². The zero-order chi connectivity index (χ0) is 27.2. The largest absolute Gasteiger partial charge is 0.493 e. The van der Waals surface area contributed by atoms with Crippen LogP contribution in [0.3, 0.4) is 0 Å². The first-order valence-corrected chi connectivity index (χ1v) is 13.5. The minimum atomic E-state index is -0.121. The summed E-state index contributed by atoms with van der Waals surface area (Å²) in [5.41, 5.74) is 1.93. The van der Waals surface area contributed by atoms with Crippen LogP contribution in [0, 0.1) is 5.92 Å². The highest BCUT2D eigenvalue weighted by atomic mass is 16.5. The fourth-order valence-corrected chi connectivity index (χ4v) is 5.24. The summed E-state index contributed by atoms with van der Waals surface area (Å²) in [6.45, 7) is 3.54. The van der Waals surface area contributed by atoms with Crippen molar-refractivity contribution in [3.63, 3.8) is 0 Å². The molecule has 0 spiro atoms. The molecule has 5 rings (SSSR count). The van der Waals surface area contributed by atoms with Crippen LogP contribution in [0.15, 0.2) is 47.0 Å². The number of hydrogen-bond acceptors (Lipinski definition) is 8. The van der Waals surface area contributed by atoms with E-state index >= 15 is 0 Å². The third-order valence-electron chi connectivity index (χ3n) is 7.49. The second-order valence-corrected chi connectivity index (χ2v) is 10.0. The molecule has 0 radical (unpaired) electrons. The Labute approximate surface area is 228 Å². The van der Waals surface area contributed by atoms with E-state index < -0.39 is 0 Å². The van der Waals surface area contributed by atoms with E-state index in [1.807, 2.05) is 41.3 Å². The summed E-state index contributed by atoms with van der Waals surface area (Å²) in [6.07, 6.45) is 4.64. The van der Waals surface area contributed by atoms with Crippen LogP contribution >= 0.6 is 0 Å². The Bertz CT molecular complexity index is 1290. The van der Waals surface area contributed by atoms with Crippen LogP contribution in [0.1, 0.15) is 48.4 Å². The van der Waals surface area contributed by atoms with Gasteiger partial charge in [-0.2, -0.15) is 4.98 Å². The number of anilines is 1. The molecule has 2 aliphatic heterocycles. The summed E-state index contributed by atoms with van der Waals surface area (Å²) in [7, 11) is 3.17. The van der Waals surface area contributed by atoms with E-state index in [-0.39, 0.29) is 17.7 Å². The highest BCUT2D eigenvalue weighted by Crippen LogP contribution is 2.31. The molecule has 3 heterocycles. The van der Waals surface area contributed by atoms with Crippen molar-refractivity contribution in [2.75, 3.05) is 45.7 Å². The molecule has 2 amide bonds. The van der Waals surface area contributed by atoms with Gasteiger partial charge >= 0.3 is 0 Å². The van der Waals surface area contributed by atoms with E-state index in [0.717, 1.165) is 51.0 Å². The van der Waals surface area contributed by atoms with Gasteiger partial charge in [0.05, 0.1) is 32.0 Å². The lowest BCUT2D eigenvalue weighted by atomic mass is 9.95. The molecular weight excluding hydrogens is 498 g/mol. The summed E-state index contributed by atoms with van der Waals surface area (Å²) in [5, 5.41) is 7.16. The van der Waals surface area contributed by atoms with Crippen LogP contribution < -0.4 is 14.8 Å². The molecular formula is C29H35N5O5. The SMILES string of the molecule is COc1ccc(-c2noc(CN3CCC(C(=O)Nc4ccccc4C(=O)N4CCCCC4)CC3)n2)cc1OC. The van der Waals surface area contributed by atoms with E-state index in [0.29, 0.717) is 53.9 Å². The van der Waals surface area contributed by atoms with E-state index in [1.165, 1.54) is 0 Å². The predicted octanol–water partition coefficient (Wildman–Crippen LogP) is 4.23. The zero-order valence-electron chi connectivity index (χ0n) is 22.5. The normalized spacial score (nSPS) is 16.6. The minimum Gasteiger partial charge on any atom is -0.493 e. The van der Waals surface area contributed by atoms with Crippen LogP contribution in [0.2, 0.25) is 0 Å². The van der Waals surface area contributed by atoms with Crippen molar-refractivity contribution in [2.24, 2.45) is 5.92 Å². The van der Waals surface area contributed by atoms with Crippen LogP contribution in [0.25, 0.3) is 11.4 Å². The number of carbonyl (C=O) groups excluding carboxylic acids is 2. The molecule has 2 aliphatic rings. The van der Waals surface area contributed by atoms with Gasteiger partial charge in [0.1, 0.15) is 0 Å². The average Bonchev–Trinajstić information content (AvgIpc) is 3.46. The Morgan fingerprint density at radius 1 is 0.974 bits per heavy atom. The monoisotopic (exact) mass is 533 g/mol. The molecule has 39 heavy (non-hydrogen) atoms. The van der Waals surface area contributed by atoms with Crippen LogP contribution in [0.5, 0.6) is 11.5 Å². The fraction of sp³-hybridized carbons (Fsp3) is 0.448. The number of methoxy groups -OCH3 is 2. The van der Waals surface area contributed by atoms with Crippen molar-refractivity contribution in [1.82, 2.24) is 19.9 Å². The zero-order valence-corrected chi connectivity index (χ0v) is 22.5. The molecule has 0 atom stereocenters. The highest BCUT2D eigenvalue weighted by Gasteiger charge is 2.28. The molecule has 0 saturated carbocycles. The summed E-state index contributed by atoms with van der Waals surface area (Å²) < 4.78 is 16.2. The Balaban J connectivity index is 1.15. The first-order valence-electron chi connectivity index (χ1n) is 13.5. The molecule has 206 valence electrons. The van der Waals surface area contributed by atoms with Gasteiger partial charge in [0.2, 0.25) is 17.6 Å². The second kappa shape index (κ2) is 12.3. The molecule has 2 saturated heterocycles. The molecule has 3 aromatic rings. The summed E-state index contributed by atoms with van der Waals surface area (Å²) in [4.78, 5) is 34.9. The lowest BCUT2D eigenvalue weighted by molar-refractivity contribution is -0.121. The number of carbonyl (C=O) groups is 2. The molecule has 1 aromatic heterocycles. The Kier molecular flexibility index (Phi) is 8.41. The molecule has 0 unspecified atom stereocenters. The summed E-state index contributed by atoms with van der Waals surface area (Å²) >= 11 is 0. The summed E-state index contributed by atoms with van der Waals surface area (Å²) in [5.74, 6) is 2.07. The van der Waals surface area contributed by atoms with Crippen molar-refractivity contribution < 1.29 is 23.6 Å². The maximum absolute atomic E-state index is 13.1. The molecule has 0 bridgehead atoms. The van der Waals surface area contributed by atoms with Crippen LogP contribution in [-0.4, -0.2) is 72.2 Å². The van der Waals surface area contributed by atoms with Gasteiger partial charge in [-0.25, -0.2) is 0 Å². The summed E-state index contributed by atoms with van der Waals surface area (Å²) in [6, 6.07) is 12.8. The van der Waals surface area contributed by atoms with Crippen molar-refractivity contribution in [3.05, 3.63) is 53.9 Å². The van der Waals surface area contributed by atoms with Gasteiger partial charge in [-0.3, -0.25) is 14.5 Å². The number of likely N-dealkylation sites (tertiary alicyclic amines) is 2. The first kappa shape index (κ1) is 26.7. The van der Waals surface area contributed by atoms with E-state index in [1.54, 1.807) is 20.3 Å². The number of para-hydroxylation sites is 1. The number of nitrogens with zero attached hydrogens (tertiary/aromatic N) is 4. The third kappa shape index (κ3) is 6.22. The topological polar surface area (TPSA) is 110 Å². The number of benzene rings is 2. The van der Waals surface area contributed by atoms with Crippen molar-refractivity contribution >= 4 is 17.5 Å². The third-order valence-corrected chi connectivity index (χ3v) is 7.49. The first-order chi connectivity index (χ1) is 19.1. The van der Waals surface area contributed by atoms with Gasteiger partial charge in [0.15, 0.2) is 11.5 Å². The maximum Gasteiger partial charge on any atom is 0.255 e. The number of piperidine rings is 2. The highest BCUT2D eigenvalue weighted by molar-refractivity contribution is 6.04. The van der Waals surface area contributed by atoms with Crippen molar-refractivity contribution in [1.29, 1.82) is 0 Å². The minimum absolute atomic E-state index is 0.00701. The molecule has 2 aromatic carbocycles. The number of rotatable bonds is 8. The smallest absolute Gasteiger partial charge is 0.255 e. The number of amides is 2. The standard InChI is InChI=1S/C29H35N5O5/c1-37-24-11-10-21(18-25(24)38-2)27-31-26(39-32-27)19-33-16-12-20(13-17-33)28(35)30-23-9-5-4-8-22(23)29(36)34-14-6-3-7-15-34/h4-5,8-11,18,20H,3,6-7,12-17,19H2,1-2H3,(H,30,35). The van der Waals surface area contributed by atoms with E-state index in [9.17, 15) is 9.59 Å². The van der Waals surface area contributed by atoms with Crippen LogP contribution in [0.4, 0.5) is 5.69 Å². The van der Waals surface area contributed by atoms with Crippen LogP contribution in [-0.2, 0) is 11.3 Å². The van der Waals surface area contributed by atoms with Gasteiger partial charge in [-0.1, -0.05) is 17.3 Å². The van der Waals surface area contributed by atoms with E-state index in [4.69, 9.17) is 14.0 Å². The van der Waals surface area contributed by atoms with Gasteiger partial charge in [0.25, 0.3) is 5.91 Å². The Hall–Kier alpha value is -3.92. The average molecular weight is 534 g/mol. The fourth-order valence-electron chi connectivity index (χ4n) is 5.24. The molecule has 10 nitrogen and oxygen atoms in total. The predicted molar refractivity (Wildman–Crippen MR) is 146 cm³/mol. The van der Waals surface area contributed by atoms with Gasteiger partial charge < -0.3 is 24.2 Å². The maximum atomic E-state index is 13.1. The molecule has 1 N–H and O–H groups in total. The molecule has 2 fully saturated rings. The number of aromatic nitrogens is 2. The van der Waals surface area contributed by atoms with Gasteiger partial charge in [0, 0.05) is 24.6 Å². The van der Waals surface area contributed by atoms with E-state index in [2.05, 4.69) is 20.4 Å². The number of nitrogens with one attached hydrogen (secondary N) is 1. The van der Waals surface area contributed by atoms with Gasteiger partial charge in [-0.05, 0) is 75.5 Å². The number of ether oxygens (including phenoxy) is 2. The Morgan fingerprint density at radius 2 is 1.72 bits per heavy atom. The lowest BCUT2D eigenvalue weighted by Crippen LogP contribution is -2.38. The molecule has 0 aliphatic carbocycles. The lowest BCUT2D eigenvalue weighted by Gasteiger charge is -2.30. The molecule has 10 heteroatoms. The number of hydrogen-bond donors (Lipinski definition) is 1.